The molecule has 0 aromatic carbocycles. The summed E-state index contributed by atoms with van der Waals surface area (Å²) in [7, 11) is 0. The van der Waals surface area contributed by atoms with Gasteiger partial charge < -0.3 is 10.5 Å². The zero-order valence-corrected chi connectivity index (χ0v) is 8.04. The van der Waals surface area contributed by atoms with Crippen LogP contribution < -0.4 is 5.73 Å². The Morgan fingerprint density at radius 2 is 2.08 bits per heavy atom. The molecule has 0 amide bonds. The number of aliphatic imine (C=N–C) groups is 1. The molecule has 1 fully saturated rings. The van der Waals surface area contributed by atoms with Gasteiger partial charge in [-0.2, -0.15) is 0 Å². The molecule has 1 aliphatic heterocycles. The molecule has 0 spiro atoms. The van der Waals surface area contributed by atoms with E-state index >= 15 is 0 Å². The average molecular weight is 182 g/mol. The van der Waals surface area contributed by atoms with E-state index < -0.39 is 0 Å². The maximum atomic E-state index is 5.68. The van der Waals surface area contributed by atoms with Crippen molar-refractivity contribution in [3.8, 4) is 0 Å². The van der Waals surface area contributed by atoms with E-state index in [9.17, 15) is 0 Å². The lowest BCUT2D eigenvalue weighted by atomic mass is 9.85. The number of ether oxygens (including phenoxy) is 1. The van der Waals surface area contributed by atoms with Crippen molar-refractivity contribution in [2.75, 3.05) is 13.1 Å². The molecule has 0 bridgehead atoms. The number of rotatable bonds is 2. The van der Waals surface area contributed by atoms with Gasteiger partial charge in [0, 0.05) is 0 Å². The fourth-order valence-electron chi connectivity index (χ4n) is 2.30. The van der Waals surface area contributed by atoms with Crippen LogP contribution in [0.2, 0.25) is 0 Å². The quantitative estimate of drug-likeness (QED) is 0.700. The highest BCUT2D eigenvalue weighted by Crippen LogP contribution is 2.29. The Hall–Kier alpha value is -0.570. The largest absolute Gasteiger partial charge is 0.474 e. The summed E-state index contributed by atoms with van der Waals surface area (Å²) in [6, 6.07) is 0. The average Bonchev–Trinajstić information content (AvgIpc) is 2.67. The van der Waals surface area contributed by atoms with E-state index in [1.807, 2.05) is 0 Å². The fourth-order valence-corrected chi connectivity index (χ4v) is 2.30. The Kier molecular flexibility index (Phi) is 2.83. The highest BCUT2D eigenvalue weighted by molar-refractivity contribution is 5.79. The Balaban J connectivity index is 1.83. The minimum absolute atomic E-state index is 0.346. The molecule has 1 saturated carbocycles. The summed E-state index contributed by atoms with van der Waals surface area (Å²) in [6.45, 7) is 1.31. The molecule has 0 aromatic rings. The van der Waals surface area contributed by atoms with Crippen molar-refractivity contribution in [3.63, 3.8) is 0 Å². The number of nitrogens with two attached hydrogens (primary N) is 1. The van der Waals surface area contributed by atoms with Gasteiger partial charge in [0.1, 0.15) is 6.10 Å². The first-order chi connectivity index (χ1) is 6.40. The minimum Gasteiger partial charge on any atom is -0.474 e. The Labute approximate surface area is 79.4 Å². The van der Waals surface area contributed by atoms with E-state index in [-0.39, 0.29) is 0 Å². The molecule has 0 radical (unpaired) electrons. The molecule has 1 atom stereocenters. The normalized spacial score (nSPS) is 29.9. The second kappa shape index (κ2) is 4.09. The topological polar surface area (TPSA) is 47.6 Å². The van der Waals surface area contributed by atoms with Crippen LogP contribution in [0, 0.1) is 5.92 Å². The van der Waals surface area contributed by atoms with Crippen molar-refractivity contribution >= 4 is 5.90 Å². The monoisotopic (exact) mass is 182 g/mol. The van der Waals surface area contributed by atoms with Gasteiger partial charge in [-0.1, -0.05) is 19.3 Å². The summed E-state index contributed by atoms with van der Waals surface area (Å²) in [5.41, 5.74) is 5.47. The van der Waals surface area contributed by atoms with Crippen molar-refractivity contribution in [1.82, 2.24) is 0 Å². The first kappa shape index (κ1) is 9.00. The van der Waals surface area contributed by atoms with Crippen LogP contribution >= 0.6 is 0 Å². The first-order valence-corrected chi connectivity index (χ1v) is 5.30. The summed E-state index contributed by atoms with van der Waals surface area (Å²) in [6.07, 6.45) is 7.10. The molecule has 13 heavy (non-hydrogen) atoms. The number of hydrogen-bond acceptors (Lipinski definition) is 3. The van der Waals surface area contributed by atoms with Crippen molar-refractivity contribution in [3.05, 3.63) is 0 Å². The highest BCUT2D eigenvalue weighted by Gasteiger charge is 2.28. The summed E-state index contributed by atoms with van der Waals surface area (Å²) >= 11 is 0. The molecule has 0 aromatic heterocycles. The van der Waals surface area contributed by atoms with Crippen LogP contribution in [-0.2, 0) is 4.74 Å². The Morgan fingerprint density at radius 3 is 2.69 bits per heavy atom. The van der Waals surface area contributed by atoms with E-state index in [0.29, 0.717) is 12.6 Å². The second-order valence-electron chi connectivity index (χ2n) is 3.99. The van der Waals surface area contributed by atoms with E-state index in [0.717, 1.165) is 18.4 Å². The van der Waals surface area contributed by atoms with E-state index in [2.05, 4.69) is 4.99 Å². The van der Waals surface area contributed by atoms with Gasteiger partial charge in [0.15, 0.2) is 5.90 Å². The van der Waals surface area contributed by atoms with Gasteiger partial charge >= 0.3 is 0 Å². The molecule has 0 saturated heterocycles. The zero-order valence-electron chi connectivity index (χ0n) is 8.04. The SMILES string of the molecule is NCC1=NCC(C2CCCCC2)O1. The standard InChI is InChI=1S/C10H18N2O/c11-6-10-12-7-9(13-10)8-4-2-1-3-5-8/h8-9H,1-7,11H2. The molecule has 74 valence electrons. The molecule has 1 unspecified atom stereocenters. The van der Waals surface area contributed by atoms with E-state index in [1.165, 1.54) is 32.1 Å². The molecule has 2 aliphatic rings. The summed E-state index contributed by atoms with van der Waals surface area (Å²) in [4.78, 5) is 4.28. The molecule has 3 nitrogen and oxygen atoms in total. The second-order valence-corrected chi connectivity index (χ2v) is 3.99. The van der Waals surface area contributed by atoms with Crippen molar-refractivity contribution in [2.24, 2.45) is 16.6 Å². The molecular weight excluding hydrogens is 164 g/mol. The van der Waals surface area contributed by atoms with Crippen LogP contribution in [0.25, 0.3) is 0 Å². The maximum absolute atomic E-state index is 5.68. The van der Waals surface area contributed by atoms with Crippen molar-refractivity contribution in [2.45, 2.75) is 38.2 Å². The predicted octanol–water partition coefficient (Wildman–Crippen LogP) is 1.32. The van der Waals surface area contributed by atoms with Crippen molar-refractivity contribution < 1.29 is 4.74 Å². The van der Waals surface area contributed by atoms with Crippen LogP contribution in [0.3, 0.4) is 0 Å². The summed E-state index contributed by atoms with van der Waals surface area (Å²) in [5.74, 6) is 1.50. The highest BCUT2D eigenvalue weighted by atomic mass is 16.5. The number of hydrogen-bond donors (Lipinski definition) is 1. The smallest absolute Gasteiger partial charge is 0.197 e. The summed E-state index contributed by atoms with van der Waals surface area (Å²) < 4.78 is 5.68. The van der Waals surface area contributed by atoms with Gasteiger partial charge in [-0.3, -0.25) is 4.99 Å². The van der Waals surface area contributed by atoms with E-state index in [4.69, 9.17) is 10.5 Å². The van der Waals surface area contributed by atoms with Crippen LogP contribution in [0.15, 0.2) is 4.99 Å². The molecule has 2 rings (SSSR count). The van der Waals surface area contributed by atoms with Gasteiger partial charge in [0.05, 0.1) is 13.1 Å². The van der Waals surface area contributed by atoms with E-state index in [1.54, 1.807) is 0 Å². The molecular formula is C10H18N2O. The fraction of sp³-hybridized carbons (Fsp3) is 0.900. The van der Waals surface area contributed by atoms with Crippen LogP contribution in [0.5, 0.6) is 0 Å². The molecule has 1 aliphatic carbocycles. The molecule has 2 N–H and O–H groups in total. The molecule has 3 heteroatoms. The summed E-state index contributed by atoms with van der Waals surface area (Å²) in [5, 5.41) is 0. The third kappa shape index (κ3) is 2.02. The van der Waals surface area contributed by atoms with Gasteiger partial charge in [-0.25, -0.2) is 0 Å². The van der Waals surface area contributed by atoms with Gasteiger partial charge in [0.2, 0.25) is 0 Å². The van der Waals surface area contributed by atoms with Crippen molar-refractivity contribution in [1.29, 1.82) is 0 Å². The Morgan fingerprint density at radius 1 is 1.31 bits per heavy atom. The molecule has 1 heterocycles. The lowest BCUT2D eigenvalue weighted by molar-refractivity contribution is 0.121. The van der Waals surface area contributed by atoms with Crippen LogP contribution in [-0.4, -0.2) is 25.1 Å². The Bertz CT molecular complexity index is 197. The van der Waals surface area contributed by atoms with Gasteiger partial charge in [0.25, 0.3) is 0 Å². The number of nitrogens with zero attached hydrogens (tertiary/aromatic N) is 1. The lowest BCUT2D eigenvalue weighted by Gasteiger charge is -2.26. The van der Waals surface area contributed by atoms with Gasteiger partial charge in [-0.15, -0.1) is 0 Å². The lowest BCUT2D eigenvalue weighted by Crippen LogP contribution is -2.27. The third-order valence-electron chi connectivity index (χ3n) is 3.09. The first-order valence-electron chi connectivity index (χ1n) is 5.30. The van der Waals surface area contributed by atoms with Crippen LogP contribution in [0.1, 0.15) is 32.1 Å². The maximum Gasteiger partial charge on any atom is 0.197 e. The van der Waals surface area contributed by atoms with Gasteiger partial charge in [-0.05, 0) is 18.8 Å². The van der Waals surface area contributed by atoms with Crippen LogP contribution in [0.4, 0.5) is 0 Å². The minimum atomic E-state index is 0.346. The third-order valence-corrected chi connectivity index (χ3v) is 3.09. The zero-order chi connectivity index (χ0) is 9.10. The predicted molar refractivity (Wildman–Crippen MR) is 52.8 cm³/mol.